The number of nitrogens with zero attached hydrogens (tertiary/aromatic N) is 1. The fraction of sp³-hybridized carbons (Fsp3) is 0.0769. The monoisotopic (exact) mass is 468 g/mol. The maximum absolute atomic E-state index is 14.4. The Balaban J connectivity index is 1.90. The van der Waals surface area contributed by atoms with Crippen LogP contribution in [0, 0.1) is 11.6 Å². The van der Waals surface area contributed by atoms with E-state index in [9.17, 15) is 26.7 Å². The molecule has 0 radical (unpaired) electrons. The molecule has 0 saturated carbocycles. The molecule has 3 nitrogen and oxygen atoms in total. The van der Waals surface area contributed by atoms with E-state index >= 15 is 0 Å². The number of pyridine rings is 1. The van der Waals surface area contributed by atoms with Crippen molar-refractivity contribution < 1.29 is 26.7 Å². The third kappa shape index (κ3) is 4.96. The lowest BCUT2D eigenvalue weighted by Gasteiger charge is -2.16. The Morgan fingerprint density at radius 3 is 2.50 bits per heavy atom. The van der Waals surface area contributed by atoms with E-state index in [1.807, 2.05) is 0 Å². The summed E-state index contributed by atoms with van der Waals surface area (Å²) >= 11 is 0. The largest absolute Gasteiger partial charge is 0.416 e. The first-order chi connectivity index (χ1) is 16.1. The second-order valence-electron chi connectivity index (χ2n) is 7.59. The highest BCUT2D eigenvalue weighted by Gasteiger charge is 2.30. The van der Waals surface area contributed by atoms with E-state index in [-0.39, 0.29) is 17.0 Å². The Bertz CT molecular complexity index is 1430. The van der Waals surface area contributed by atoms with Crippen molar-refractivity contribution in [1.82, 2.24) is 4.98 Å². The summed E-state index contributed by atoms with van der Waals surface area (Å²) in [7, 11) is 0. The summed E-state index contributed by atoms with van der Waals surface area (Å²) in [5.41, 5.74) is 1.22. The standard InChI is InChI=1S/C26H17F5N2O/c1-15(34)5-6-17-14-32-24-10-7-16(21-9-8-19(27)13-23(21)28)11-22(24)25(17)33-20-4-2-3-18(12-20)26(29,30)31/h2-14H,1H3,(H,32,33)/b6-5+. The number of allylic oxidation sites excluding steroid dienone is 1. The summed E-state index contributed by atoms with van der Waals surface area (Å²) in [6.45, 7) is 1.36. The number of nitrogens with one attached hydrogen (secondary N) is 1. The number of halogens is 5. The highest BCUT2D eigenvalue weighted by molar-refractivity contribution is 6.01. The molecule has 0 saturated heterocycles. The molecule has 0 aliphatic rings. The summed E-state index contributed by atoms with van der Waals surface area (Å²) in [6, 6.07) is 12.7. The van der Waals surface area contributed by atoms with E-state index in [1.165, 1.54) is 43.5 Å². The first-order valence-corrected chi connectivity index (χ1v) is 10.1. The Kier molecular flexibility index (Phi) is 6.15. The molecule has 0 spiro atoms. The van der Waals surface area contributed by atoms with Crippen LogP contribution in [0.3, 0.4) is 0 Å². The molecule has 0 amide bonds. The lowest BCUT2D eigenvalue weighted by molar-refractivity contribution is -0.137. The van der Waals surface area contributed by atoms with Crippen molar-refractivity contribution in [2.45, 2.75) is 13.1 Å². The molecule has 1 heterocycles. The number of hydrogen-bond acceptors (Lipinski definition) is 3. The Morgan fingerprint density at radius 2 is 1.79 bits per heavy atom. The maximum Gasteiger partial charge on any atom is 0.416 e. The molecule has 0 atom stereocenters. The van der Waals surface area contributed by atoms with Gasteiger partial charge in [-0.1, -0.05) is 12.1 Å². The van der Waals surface area contributed by atoms with Gasteiger partial charge >= 0.3 is 6.18 Å². The normalized spacial score (nSPS) is 11.8. The number of anilines is 2. The SMILES string of the molecule is CC(=O)/C=C/c1cnc2ccc(-c3ccc(F)cc3F)cc2c1Nc1cccc(C(F)(F)F)c1. The minimum atomic E-state index is -4.53. The van der Waals surface area contributed by atoms with Gasteiger partial charge in [-0.2, -0.15) is 13.2 Å². The first-order valence-electron chi connectivity index (χ1n) is 10.1. The highest BCUT2D eigenvalue weighted by Crippen LogP contribution is 2.36. The van der Waals surface area contributed by atoms with Gasteiger partial charge in [0.2, 0.25) is 0 Å². The second kappa shape index (κ2) is 9.05. The zero-order valence-corrected chi connectivity index (χ0v) is 17.8. The lowest BCUT2D eigenvalue weighted by atomic mass is 10.00. The zero-order chi connectivity index (χ0) is 24.5. The molecule has 1 N–H and O–H groups in total. The average Bonchev–Trinajstić information content (AvgIpc) is 2.78. The van der Waals surface area contributed by atoms with Gasteiger partial charge in [0.15, 0.2) is 5.78 Å². The smallest absolute Gasteiger partial charge is 0.354 e. The number of rotatable bonds is 5. The van der Waals surface area contributed by atoms with Crippen LogP contribution in [0.4, 0.5) is 33.3 Å². The van der Waals surface area contributed by atoms with E-state index in [4.69, 9.17) is 0 Å². The van der Waals surface area contributed by atoms with Crippen molar-refractivity contribution in [3.05, 3.63) is 95.7 Å². The topological polar surface area (TPSA) is 42.0 Å². The van der Waals surface area contributed by atoms with Gasteiger partial charge in [0, 0.05) is 34.5 Å². The molecular formula is C26H17F5N2O. The molecule has 172 valence electrons. The van der Waals surface area contributed by atoms with E-state index < -0.39 is 23.4 Å². The molecule has 0 aliphatic carbocycles. The number of carbonyl (C=O) groups excluding carboxylic acids is 1. The summed E-state index contributed by atoms with van der Waals surface area (Å²) in [6.07, 6.45) is -0.238. The van der Waals surface area contributed by atoms with Gasteiger partial charge in [-0.3, -0.25) is 9.78 Å². The predicted octanol–water partition coefficient (Wildman–Crippen LogP) is 7.54. The Morgan fingerprint density at radius 1 is 1.00 bits per heavy atom. The molecule has 0 fully saturated rings. The van der Waals surface area contributed by atoms with Gasteiger partial charge in [0.1, 0.15) is 11.6 Å². The van der Waals surface area contributed by atoms with Gasteiger partial charge < -0.3 is 5.32 Å². The van der Waals surface area contributed by atoms with E-state index in [0.29, 0.717) is 27.7 Å². The molecule has 1 aromatic heterocycles. The number of carbonyl (C=O) groups is 1. The number of hydrogen-bond donors (Lipinski definition) is 1. The molecule has 4 rings (SSSR count). The van der Waals surface area contributed by atoms with Crippen LogP contribution in [0.25, 0.3) is 28.1 Å². The minimum Gasteiger partial charge on any atom is -0.354 e. The van der Waals surface area contributed by atoms with E-state index in [1.54, 1.807) is 18.2 Å². The molecule has 0 aliphatic heterocycles. The third-order valence-electron chi connectivity index (χ3n) is 5.10. The summed E-state index contributed by atoms with van der Waals surface area (Å²) in [4.78, 5) is 15.8. The highest BCUT2D eigenvalue weighted by atomic mass is 19.4. The van der Waals surface area contributed by atoms with Gasteiger partial charge in [-0.15, -0.1) is 0 Å². The van der Waals surface area contributed by atoms with Crippen LogP contribution in [-0.2, 0) is 11.0 Å². The van der Waals surface area contributed by atoms with Crippen LogP contribution in [-0.4, -0.2) is 10.8 Å². The van der Waals surface area contributed by atoms with Crippen LogP contribution >= 0.6 is 0 Å². The van der Waals surface area contributed by atoms with Gasteiger partial charge in [-0.05, 0) is 67.1 Å². The number of alkyl halides is 3. The number of ketones is 1. The van der Waals surface area contributed by atoms with Gasteiger partial charge in [-0.25, -0.2) is 8.78 Å². The first kappa shape index (κ1) is 23.1. The quantitative estimate of drug-likeness (QED) is 0.243. The van der Waals surface area contributed by atoms with Crippen LogP contribution in [0.15, 0.2) is 72.9 Å². The molecule has 34 heavy (non-hydrogen) atoms. The minimum absolute atomic E-state index is 0.151. The molecule has 0 bridgehead atoms. The van der Waals surface area contributed by atoms with Crippen LogP contribution in [0.5, 0.6) is 0 Å². The summed E-state index contributed by atoms with van der Waals surface area (Å²) in [5, 5.41) is 3.47. The van der Waals surface area contributed by atoms with Crippen LogP contribution in [0.2, 0.25) is 0 Å². The van der Waals surface area contributed by atoms with Crippen molar-refractivity contribution in [2.75, 3.05) is 5.32 Å². The fourth-order valence-electron chi connectivity index (χ4n) is 3.49. The number of fused-ring (bicyclic) bond motifs is 1. The average molecular weight is 468 g/mol. The zero-order valence-electron chi connectivity index (χ0n) is 17.8. The van der Waals surface area contributed by atoms with Gasteiger partial charge in [0.05, 0.1) is 16.8 Å². The van der Waals surface area contributed by atoms with Crippen molar-refractivity contribution >= 4 is 34.1 Å². The summed E-state index contributed by atoms with van der Waals surface area (Å²) < 4.78 is 67.4. The molecule has 3 aromatic carbocycles. The third-order valence-corrected chi connectivity index (χ3v) is 5.10. The number of aromatic nitrogens is 1. The van der Waals surface area contributed by atoms with Crippen molar-refractivity contribution in [3.63, 3.8) is 0 Å². The van der Waals surface area contributed by atoms with Crippen molar-refractivity contribution in [3.8, 4) is 11.1 Å². The van der Waals surface area contributed by atoms with Gasteiger partial charge in [0.25, 0.3) is 0 Å². The van der Waals surface area contributed by atoms with Crippen molar-refractivity contribution in [2.24, 2.45) is 0 Å². The van der Waals surface area contributed by atoms with E-state index in [0.717, 1.165) is 24.3 Å². The van der Waals surface area contributed by atoms with Crippen LogP contribution in [0.1, 0.15) is 18.1 Å². The molecular weight excluding hydrogens is 451 g/mol. The second-order valence-corrected chi connectivity index (χ2v) is 7.59. The lowest BCUT2D eigenvalue weighted by Crippen LogP contribution is -2.05. The number of benzene rings is 3. The molecule has 4 aromatic rings. The predicted molar refractivity (Wildman–Crippen MR) is 122 cm³/mol. The Labute approximate surface area is 191 Å². The van der Waals surface area contributed by atoms with Crippen LogP contribution < -0.4 is 5.32 Å². The Hall–Kier alpha value is -4.07. The molecule has 0 unspecified atom stereocenters. The molecule has 8 heteroatoms. The maximum atomic E-state index is 14.4. The van der Waals surface area contributed by atoms with Crippen molar-refractivity contribution in [1.29, 1.82) is 0 Å². The fourth-order valence-corrected chi connectivity index (χ4v) is 3.49. The van der Waals surface area contributed by atoms with E-state index in [2.05, 4.69) is 10.3 Å². The summed E-state index contributed by atoms with van der Waals surface area (Å²) in [5.74, 6) is -1.70.